The SMILES string of the molecule is CCN(CC)CCCC(C)NC(=NC)NCC1CCCOC1c1ccccc1. The predicted octanol–water partition coefficient (Wildman–Crippen LogP) is 3.83. The van der Waals surface area contributed by atoms with Crippen LogP contribution in [0.1, 0.15) is 58.1 Å². The van der Waals surface area contributed by atoms with Gasteiger partial charge in [-0.2, -0.15) is 0 Å². The zero-order chi connectivity index (χ0) is 20.2. The molecule has 28 heavy (non-hydrogen) atoms. The number of hydrogen-bond donors (Lipinski definition) is 2. The molecule has 1 aromatic carbocycles. The van der Waals surface area contributed by atoms with E-state index in [1.165, 1.54) is 24.9 Å². The molecule has 0 spiro atoms. The molecular weight excluding hydrogens is 348 g/mol. The summed E-state index contributed by atoms with van der Waals surface area (Å²) < 4.78 is 6.12. The Morgan fingerprint density at radius 2 is 2.00 bits per heavy atom. The van der Waals surface area contributed by atoms with E-state index in [1.54, 1.807) is 0 Å². The van der Waals surface area contributed by atoms with Crippen molar-refractivity contribution in [3.63, 3.8) is 0 Å². The smallest absolute Gasteiger partial charge is 0.191 e. The lowest BCUT2D eigenvalue weighted by atomic mass is 9.89. The summed E-state index contributed by atoms with van der Waals surface area (Å²) in [5.74, 6) is 1.36. The fourth-order valence-electron chi connectivity index (χ4n) is 3.95. The van der Waals surface area contributed by atoms with Crippen LogP contribution in [0.4, 0.5) is 0 Å². The minimum atomic E-state index is 0.173. The molecule has 0 aliphatic carbocycles. The highest BCUT2D eigenvalue weighted by Crippen LogP contribution is 2.33. The standard InChI is InChI=1S/C23H40N4O/c1-5-27(6-2)16-10-12-19(3)26-23(24-4)25-18-21-15-11-17-28-22(21)20-13-8-7-9-14-20/h7-9,13-14,19,21-22H,5-6,10-12,15-18H2,1-4H3,(H2,24,25,26). The van der Waals surface area contributed by atoms with E-state index in [0.29, 0.717) is 12.0 Å². The van der Waals surface area contributed by atoms with Crippen molar-refractivity contribution < 1.29 is 4.74 Å². The third-order valence-corrected chi connectivity index (χ3v) is 5.72. The minimum Gasteiger partial charge on any atom is -0.373 e. The third kappa shape index (κ3) is 7.44. The Morgan fingerprint density at radius 1 is 1.25 bits per heavy atom. The Hall–Kier alpha value is -1.59. The van der Waals surface area contributed by atoms with Crippen molar-refractivity contribution in [1.29, 1.82) is 0 Å². The first-order valence-corrected chi connectivity index (χ1v) is 11.0. The molecule has 1 aromatic rings. The molecule has 1 aliphatic heterocycles. The topological polar surface area (TPSA) is 48.9 Å². The molecular formula is C23H40N4O. The van der Waals surface area contributed by atoms with Gasteiger partial charge in [0.2, 0.25) is 0 Å². The van der Waals surface area contributed by atoms with Crippen molar-refractivity contribution in [3.05, 3.63) is 35.9 Å². The first kappa shape index (κ1) is 22.7. The zero-order valence-electron chi connectivity index (χ0n) is 18.3. The molecule has 158 valence electrons. The van der Waals surface area contributed by atoms with Gasteiger partial charge in [0.25, 0.3) is 0 Å². The van der Waals surface area contributed by atoms with E-state index in [0.717, 1.165) is 45.0 Å². The Balaban J connectivity index is 1.78. The third-order valence-electron chi connectivity index (χ3n) is 5.72. The van der Waals surface area contributed by atoms with Gasteiger partial charge in [-0.1, -0.05) is 44.2 Å². The lowest BCUT2D eigenvalue weighted by Gasteiger charge is -2.33. The number of nitrogens with zero attached hydrogens (tertiary/aromatic N) is 2. The van der Waals surface area contributed by atoms with E-state index in [4.69, 9.17) is 4.74 Å². The molecule has 0 radical (unpaired) electrons. The molecule has 1 heterocycles. The highest BCUT2D eigenvalue weighted by Gasteiger charge is 2.27. The molecule has 0 bridgehead atoms. The van der Waals surface area contributed by atoms with Crippen LogP contribution >= 0.6 is 0 Å². The number of rotatable bonds is 10. The normalized spacial score (nSPS) is 21.5. The van der Waals surface area contributed by atoms with Crippen LogP contribution in [0.3, 0.4) is 0 Å². The fourth-order valence-corrected chi connectivity index (χ4v) is 3.95. The monoisotopic (exact) mass is 388 g/mol. The van der Waals surface area contributed by atoms with Crippen LogP contribution in [0.15, 0.2) is 35.3 Å². The Bertz CT molecular complexity index is 559. The summed E-state index contributed by atoms with van der Waals surface area (Å²) in [4.78, 5) is 6.91. The summed E-state index contributed by atoms with van der Waals surface area (Å²) in [5, 5.41) is 7.09. The van der Waals surface area contributed by atoms with Crippen molar-refractivity contribution in [2.75, 3.05) is 39.8 Å². The van der Waals surface area contributed by atoms with Gasteiger partial charge in [-0.15, -0.1) is 0 Å². The average molecular weight is 389 g/mol. The van der Waals surface area contributed by atoms with Crippen LogP contribution in [0.2, 0.25) is 0 Å². The molecule has 5 heteroatoms. The second-order valence-corrected chi connectivity index (χ2v) is 7.77. The Kier molecular flexibility index (Phi) is 10.4. The van der Waals surface area contributed by atoms with Gasteiger partial charge in [0.15, 0.2) is 5.96 Å². The van der Waals surface area contributed by atoms with E-state index < -0.39 is 0 Å². The van der Waals surface area contributed by atoms with Gasteiger partial charge >= 0.3 is 0 Å². The molecule has 5 nitrogen and oxygen atoms in total. The van der Waals surface area contributed by atoms with Crippen molar-refractivity contribution in [3.8, 4) is 0 Å². The maximum absolute atomic E-state index is 6.12. The van der Waals surface area contributed by atoms with Gasteiger partial charge in [-0.05, 0) is 57.8 Å². The van der Waals surface area contributed by atoms with Gasteiger partial charge < -0.3 is 20.3 Å². The van der Waals surface area contributed by atoms with Crippen LogP contribution in [-0.2, 0) is 4.74 Å². The Morgan fingerprint density at radius 3 is 2.68 bits per heavy atom. The highest BCUT2D eigenvalue weighted by atomic mass is 16.5. The minimum absolute atomic E-state index is 0.173. The van der Waals surface area contributed by atoms with Gasteiger partial charge in [-0.25, -0.2) is 0 Å². The van der Waals surface area contributed by atoms with E-state index in [-0.39, 0.29) is 6.10 Å². The first-order valence-electron chi connectivity index (χ1n) is 11.0. The predicted molar refractivity (Wildman–Crippen MR) is 119 cm³/mol. The van der Waals surface area contributed by atoms with E-state index in [2.05, 4.69) is 71.6 Å². The van der Waals surface area contributed by atoms with Crippen molar-refractivity contribution in [2.45, 2.75) is 58.6 Å². The number of benzene rings is 1. The molecule has 1 aliphatic rings. The molecule has 1 fully saturated rings. The second kappa shape index (κ2) is 12.8. The van der Waals surface area contributed by atoms with Crippen molar-refractivity contribution in [2.24, 2.45) is 10.9 Å². The summed E-state index contributed by atoms with van der Waals surface area (Å²) in [6, 6.07) is 11.0. The molecule has 2 N–H and O–H groups in total. The number of ether oxygens (including phenoxy) is 1. The summed E-state index contributed by atoms with van der Waals surface area (Å²) in [6.45, 7) is 11.9. The van der Waals surface area contributed by atoms with Crippen LogP contribution in [-0.4, -0.2) is 56.7 Å². The highest BCUT2D eigenvalue weighted by molar-refractivity contribution is 5.79. The molecule has 0 saturated carbocycles. The number of aliphatic imine (C=N–C) groups is 1. The number of nitrogens with one attached hydrogen (secondary N) is 2. The van der Waals surface area contributed by atoms with Crippen molar-refractivity contribution in [1.82, 2.24) is 15.5 Å². The second-order valence-electron chi connectivity index (χ2n) is 7.77. The zero-order valence-corrected chi connectivity index (χ0v) is 18.3. The number of guanidine groups is 1. The van der Waals surface area contributed by atoms with Gasteiger partial charge in [0.1, 0.15) is 0 Å². The summed E-state index contributed by atoms with van der Waals surface area (Å²) in [6.07, 6.45) is 4.84. The first-order chi connectivity index (χ1) is 13.7. The van der Waals surface area contributed by atoms with Gasteiger partial charge in [-0.3, -0.25) is 4.99 Å². The summed E-state index contributed by atoms with van der Waals surface area (Å²) in [5.41, 5.74) is 1.28. The fraction of sp³-hybridized carbons (Fsp3) is 0.696. The molecule has 0 amide bonds. The summed E-state index contributed by atoms with van der Waals surface area (Å²) in [7, 11) is 1.85. The average Bonchev–Trinajstić information content (AvgIpc) is 2.75. The van der Waals surface area contributed by atoms with Crippen LogP contribution in [0.25, 0.3) is 0 Å². The lowest BCUT2D eigenvalue weighted by Crippen LogP contribution is -2.45. The largest absolute Gasteiger partial charge is 0.373 e. The van der Waals surface area contributed by atoms with E-state index in [1.807, 2.05) is 7.05 Å². The molecule has 3 unspecified atom stereocenters. The van der Waals surface area contributed by atoms with Crippen molar-refractivity contribution >= 4 is 5.96 Å². The maximum atomic E-state index is 6.12. The molecule has 0 aromatic heterocycles. The summed E-state index contributed by atoms with van der Waals surface area (Å²) >= 11 is 0. The van der Waals surface area contributed by atoms with Crippen LogP contribution in [0, 0.1) is 5.92 Å². The molecule has 2 rings (SSSR count). The molecule has 3 atom stereocenters. The molecule has 1 saturated heterocycles. The van der Waals surface area contributed by atoms with E-state index in [9.17, 15) is 0 Å². The number of hydrogen-bond acceptors (Lipinski definition) is 3. The van der Waals surface area contributed by atoms with Crippen LogP contribution < -0.4 is 10.6 Å². The van der Waals surface area contributed by atoms with Gasteiger partial charge in [0, 0.05) is 32.2 Å². The van der Waals surface area contributed by atoms with E-state index >= 15 is 0 Å². The maximum Gasteiger partial charge on any atom is 0.191 e. The van der Waals surface area contributed by atoms with Crippen LogP contribution in [0.5, 0.6) is 0 Å². The quantitative estimate of drug-likeness (QED) is 0.472. The lowest BCUT2D eigenvalue weighted by molar-refractivity contribution is -0.0265. The Labute approximate surface area is 171 Å². The van der Waals surface area contributed by atoms with Gasteiger partial charge in [0.05, 0.1) is 6.10 Å².